The molecule has 0 saturated carbocycles. The second-order valence-corrected chi connectivity index (χ2v) is 5.95. The van der Waals surface area contributed by atoms with Crippen molar-refractivity contribution in [1.29, 1.82) is 0 Å². The van der Waals surface area contributed by atoms with E-state index in [1.165, 1.54) is 24.1 Å². The van der Waals surface area contributed by atoms with E-state index in [9.17, 15) is 19.2 Å². The van der Waals surface area contributed by atoms with Crippen LogP contribution in [0.5, 0.6) is 0 Å². The zero-order valence-electron chi connectivity index (χ0n) is 13.3. The molecule has 0 bridgehead atoms. The van der Waals surface area contributed by atoms with Crippen LogP contribution in [0, 0.1) is 5.41 Å². The number of hydrogen-bond acceptors (Lipinski definition) is 4. The summed E-state index contributed by atoms with van der Waals surface area (Å²) in [6.45, 7) is 3.45. The molecule has 5 nitrogen and oxygen atoms in total. The van der Waals surface area contributed by atoms with Crippen molar-refractivity contribution in [2.45, 2.75) is 26.7 Å². The first-order chi connectivity index (χ1) is 10.9. The number of Topliss-reactive ketones (excluding diaryl/α,β-unsaturated/α-hetero) is 3. The van der Waals surface area contributed by atoms with Gasteiger partial charge in [0, 0.05) is 35.9 Å². The first-order valence-electron chi connectivity index (χ1n) is 7.60. The Hall–Kier alpha value is -2.56. The Morgan fingerprint density at radius 1 is 1.09 bits per heavy atom. The lowest BCUT2D eigenvalue weighted by Gasteiger charge is -2.21. The number of carbonyl (C=O) groups excluding carboxylic acids is 4. The Labute approximate surface area is 134 Å². The van der Waals surface area contributed by atoms with Crippen molar-refractivity contribution >= 4 is 23.3 Å². The van der Waals surface area contributed by atoms with Gasteiger partial charge in [0.15, 0.2) is 17.3 Å². The minimum atomic E-state index is -2.01. The quantitative estimate of drug-likeness (QED) is 0.802. The molecular formula is C18H17NO4. The molecule has 3 rings (SSSR count). The second kappa shape index (κ2) is 4.98. The van der Waals surface area contributed by atoms with Gasteiger partial charge >= 0.3 is 0 Å². The predicted octanol–water partition coefficient (Wildman–Crippen LogP) is 2.17. The Balaban J connectivity index is 2.29. The van der Waals surface area contributed by atoms with Gasteiger partial charge in [-0.15, -0.1) is 0 Å². The molecule has 2 aliphatic rings. The molecule has 0 unspecified atom stereocenters. The SMILES string of the molecule is CCCC(=O)C1=C(C)N(C)C(=O)C12C(=O)c1ccccc1C2=O. The standard InChI is InChI=1S/C18H17NO4/c1-4-7-13(20)14-10(2)19(3)17(23)18(14)15(21)11-8-5-6-9-12(11)16(18)22/h5-6,8-9H,4,7H2,1-3H3. The average Bonchev–Trinajstić information content (AvgIpc) is 2.88. The number of benzene rings is 1. The fraction of sp³-hybridized carbons (Fsp3) is 0.333. The van der Waals surface area contributed by atoms with Crippen molar-refractivity contribution < 1.29 is 19.2 Å². The second-order valence-electron chi connectivity index (χ2n) is 5.95. The van der Waals surface area contributed by atoms with Gasteiger partial charge in [-0.25, -0.2) is 0 Å². The summed E-state index contributed by atoms with van der Waals surface area (Å²) >= 11 is 0. The highest BCUT2D eigenvalue weighted by Gasteiger charge is 2.66. The molecule has 0 aromatic heterocycles. The minimum absolute atomic E-state index is 0.0538. The molecule has 1 spiro atoms. The number of fused-ring (bicyclic) bond motifs is 1. The maximum Gasteiger partial charge on any atom is 0.253 e. The fourth-order valence-electron chi connectivity index (χ4n) is 3.52. The maximum absolute atomic E-state index is 13.0. The largest absolute Gasteiger partial charge is 0.318 e. The van der Waals surface area contributed by atoms with Crippen LogP contribution >= 0.6 is 0 Å². The molecule has 1 aromatic rings. The van der Waals surface area contributed by atoms with Gasteiger partial charge in [0.05, 0.1) is 0 Å². The number of hydrogen-bond donors (Lipinski definition) is 0. The molecule has 1 aliphatic heterocycles. The zero-order valence-corrected chi connectivity index (χ0v) is 13.3. The number of nitrogens with zero attached hydrogens (tertiary/aromatic N) is 1. The Kier molecular flexibility index (Phi) is 3.32. The third-order valence-electron chi connectivity index (χ3n) is 4.72. The van der Waals surface area contributed by atoms with Gasteiger partial charge in [-0.3, -0.25) is 19.2 Å². The molecule has 0 fully saturated rings. The van der Waals surface area contributed by atoms with Gasteiger partial charge in [-0.2, -0.15) is 0 Å². The first-order valence-corrected chi connectivity index (χ1v) is 7.60. The Bertz CT molecular complexity index is 768. The third kappa shape index (κ3) is 1.67. The first kappa shape index (κ1) is 15.3. The van der Waals surface area contributed by atoms with Crippen molar-refractivity contribution in [3.05, 3.63) is 46.7 Å². The third-order valence-corrected chi connectivity index (χ3v) is 4.72. The van der Waals surface area contributed by atoms with Gasteiger partial charge in [-0.1, -0.05) is 31.2 Å². The van der Waals surface area contributed by atoms with E-state index in [0.29, 0.717) is 12.1 Å². The summed E-state index contributed by atoms with van der Waals surface area (Å²) in [5.74, 6) is -2.09. The number of carbonyl (C=O) groups is 4. The average molecular weight is 311 g/mol. The molecule has 1 amide bonds. The zero-order chi connectivity index (χ0) is 16.9. The van der Waals surface area contributed by atoms with Crippen LogP contribution in [-0.2, 0) is 9.59 Å². The van der Waals surface area contributed by atoms with E-state index in [0.717, 1.165) is 0 Å². The van der Waals surface area contributed by atoms with Gasteiger partial charge in [-0.05, 0) is 13.3 Å². The van der Waals surface area contributed by atoms with Crippen molar-refractivity contribution in [3.63, 3.8) is 0 Å². The highest BCUT2D eigenvalue weighted by atomic mass is 16.2. The number of rotatable bonds is 3. The highest BCUT2D eigenvalue weighted by Crippen LogP contribution is 2.49. The summed E-state index contributed by atoms with van der Waals surface area (Å²) in [6.07, 6.45) is 0.783. The van der Waals surface area contributed by atoms with E-state index in [4.69, 9.17) is 0 Å². The van der Waals surface area contributed by atoms with E-state index in [2.05, 4.69) is 0 Å². The number of ketones is 3. The molecule has 0 saturated heterocycles. The van der Waals surface area contributed by atoms with Crippen LogP contribution in [0.25, 0.3) is 0 Å². The molecule has 23 heavy (non-hydrogen) atoms. The van der Waals surface area contributed by atoms with E-state index in [-0.39, 0.29) is 28.9 Å². The highest BCUT2D eigenvalue weighted by molar-refractivity contribution is 6.44. The van der Waals surface area contributed by atoms with Crippen molar-refractivity contribution in [2.75, 3.05) is 7.05 Å². The molecule has 0 N–H and O–H groups in total. The topological polar surface area (TPSA) is 71.5 Å². The molecular weight excluding hydrogens is 294 g/mol. The van der Waals surface area contributed by atoms with Gasteiger partial charge in [0.2, 0.25) is 5.41 Å². The Morgan fingerprint density at radius 2 is 1.61 bits per heavy atom. The fourth-order valence-corrected chi connectivity index (χ4v) is 3.52. The molecule has 0 radical (unpaired) electrons. The summed E-state index contributed by atoms with van der Waals surface area (Å²) in [5.41, 5.74) is -1.12. The molecule has 1 aliphatic carbocycles. The van der Waals surface area contributed by atoms with E-state index in [1.54, 1.807) is 19.1 Å². The molecule has 1 heterocycles. The van der Waals surface area contributed by atoms with Crippen molar-refractivity contribution in [1.82, 2.24) is 4.90 Å². The predicted molar refractivity (Wildman–Crippen MR) is 82.9 cm³/mol. The van der Waals surface area contributed by atoms with Crippen LogP contribution in [0.2, 0.25) is 0 Å². The van der Waals surface area contributed by atoms with Crippen LogP contribution in [0.15, 0.2) is 35.5 Å². The van der Waals surface area contributed by atoms with E-state index < -0.39 is 22.9 Å². The lowest BCUT2D eigenvalue weighted by molar-refractivity contribution is -0.131. The number of allylic oxidation sites excluding steroid dienone is 1. The summed E-state index contributed by atoms with van der Waals surface area (Å²) < 4.78 is 0. The number of amides is 1. The van der Waals surface area contributed by atoms with Gasteiger partial charge in [0.25, 0.3) is 5.91 Å². The summed E-state index contributed by atoms with van der Waals surface area (Å²) in [7, 11) is 1.50. The lowest BCUT2D eigenvalue weighted by atomic mass is 9.74. The monoisotopic (exact) mass is 311 g/mol. The van der Waals surface area contributed by atoms with Crippen LogP contribution in [-0.4, -0.2) is 35.2 Å². The maximum atomic E-state index is 13.0. The summed E-state index contributed by atoms with van der Waals surface area (Å²) in [4.78, 5) is 52.7. The van der Waals surface area contributed by atoms with Crippen molar-refractivity contribution in [2.24, 2.45) is 5.41 Å². The van der Waals surface area contributed by atoms with E-state index >= 15 is 0 Å². The molecule has 118 valence electrons. The van der Waals surface area contributed by atoms with E-state index in [1.807, 2.05) is 6.92 Å². The van der Waals surface area contributed by atoms with Crippen LogP contribution in [0.4, 0.5) is 0 Å². The smallest absolute Gasteiger partial charge is 0.253 e. The van der Waals surface area contributed by atoms with Gasteiger partial charge < -0.3 is 4.90 Å². The Morgan fingerprint density at radius 3 is 2.09 bits per heavy atom. The minimum Gasteiger partial charge on any atom is -0.318 e. The summed E-state index contributed by atoms with van der Waals surface area (Å²) in [5, 5.41) is 0. The van der Waals surface area contributed by atoms with Crippen molar-refractivity contribution in [3.8, 4) is 0 Å². The van der Waals surface area contributed by atoms with Crippen LogP contribution < -0.4 is 0 Å². The normalized spacial score (nSPS) is 19.1. The molecule has 1 aromatic carbocycles. The van der Waals surface area contributed by atoms with Crippen LogP contribution in [0.1, 0.15) is 47.4 Å². The van der Waals surface area contributed by atoms with Crippen LogP contribution in [0.3, 0.4) is 0 Å². The molecule has 5 heteroatoms. The lowest BCUT2D eigenvalue weighted by Crippen LogP contribution is -2.45. The molecule has 0 atom stereocenters. The summed E-state index contributed by atoms with van der Waals surface area (Å²) in [6, 6.07) is 6.37. The van der Waals surface area contributed by atoms with Gasteiger partial charge in [0.1, 0.15) is 0 Å².